The van der Waals surface area contributed by atoms with Gasteiger partial charge in [0.25, 0.3) is 5.56 Å². The molecule has 6 heteroatoms. The van der Waals surface area contributed by atoms with Gasteiger partial charge < -0.3 is 5.32 Å². The molecule has 0 unspecified atom stereocenters. The second-order valence-electron chi connectivity index (χ2n) is 4.75. The van der Waals surface area contributed by atoms with E-state index in [0.29, 0.717) is 18.8 Å². The summed E-state index contributed by atoms with van der Waals surface area (Å²) in [5.41, 5.74) is 2.12. The van der Waals surface area contributed by atoms with Gasteiger partial charge in [-0.1, -0.05) is 6.07 Å². The van der Waals surface area contributed by atoms with Gasteiger partial charge in [0.15, 0.2) is 0 Å². The van der Waals surface area contributed by atoms with Gasteiger partial charge in [0, 0.05) is 45.1 Å². The fraction of sp³-hybridized carbons (Fsp3) is 0.357. The average Bonchev–Trinajstić information content (AvgIpc) is 2.44. The van der Waals surface area contributed by atoms with Crippen molar-refractivity contribution in [2.24, 2.45) is 14.1 Å². The standard InChI is InChI=1S/C14H18N4O2/c1-10-5-4-6-16-12(10)9-15-8-11-7-13(19)18(3)14(20)17(11)2/h4-7,15H,8-9H2,1-3H3. The summed E-state index contributed by atoms with van der Waals surface area (Å²) >= 11 is 0. The Kier molecular flexibility index (Phi) is 4.14. The van der Waals surface area contributed by atoms with Crippen LogP contribution in [0.3, 0.4) is 0 Å². The maximum atomic E-state index is 11.8. The summed E-state index contributed by atoms with van der Waals surface area (Å²) in [6.07, 6.45) is 1.75. The topological polar surface area (TPSA) is 68.9 Å². The SMILES string of the molecule is Cc1cccnc1CNCc1cc(=O)n(C)c(=O)n1C. The maximum Gasteiger partial charge on any atom is 0.330 e. The predicted octanol–water partition coefficient (Wildman–Crippen LogP) is 0.0772. The third kappa shape index (κ3) is 2.85. The first-order valence-electron chi connectivity index (χ1n) is 6.38. The molecule has 1 N–H and O–H groups in total. The van der Waals surface area contributed by atoms with Gasteiger partial charge in [-0.25, -0.2) is 4.79 Å². The molecule has 106 valence electrons. The van der Waals surface area contributed by atoms with Crippen molar-refractivity contribution in [3.8, 4) is 0 Å². The van der Waals surface area contributed by atoms with Crippen molar-refractivity contribution in [2.45, 2.75) is 20.0 Å². The van der Waals surface area contributed by atoms with E-state index in [2.05, 4.69) is 10.3 Å². The fourth-order valence-electron chi connectivity index (χ4n) is 1.96. The molecule has 2 aromatic rings. The lowest BCUT2D eigenvalue weighted by molar-refractivity contribution is 0.596. The number of hydrogen-bond donors (Lipinski definition) is 1. The summed E-state index contributed by atoms with van der Waals surface area (Å²) in [5.74, 6) is 0. The van der Waals surface area contributed by atoms with Gasteiger partial charge in [-0.15, -0.1) is 0 Å². The van der Waals surface area contributed by atoms with Gasteiger partial charge in [0.1, 0.15) is 0 Å². The maximum absolute atomic E-state index is 11.8. The van der Waals surface area contributed by atoms with Gasteiger partial charge in [-0.3, -0.25) is 18.9 Å². The van der Waals surface area contributed by atoms with Crippen molar-refractivity contribution >= 4 is 0 Å². The molecule has 0 radical (unpaired) electrons. The van der Waals surface area contributed by atoms with Crippen LogP contribution in [-0.4, -0.2) is 14.1 Å². The lowest BCUT2D eigenvalue weighted by Crippen LogP contribution is -2.39. The van der Waals surface area contributed by atoms with Gasteiger partial charge in [-0.05, 0) is 18.6 Å². The quantitative estimate of drug-likeness (QED) is 0.857. The first-order chi connectivity index (χ1) is 9.50. The van der Waals surface area contributed by atoms with E-state index in [9.17, 15) is 9.59 Å². The number of pyridine rings is 1. The van der Waals surface area contributed by atoms with E-state index < -0.39 is 0 Å². The van der Waals surface area contributed by atoms with E-state index in [-0.39, 0.29) is 11.2 Å². The minimum absolute atomic E-state index is 0.293. The molecule has 2 rings (SSSR count). The van der Waals surface area contributed by atoms with Gasteiger partial charge in [0.05, 0.1) is 5.69 Å². The first-order valence-corrected chi connectivity index (χ1v) is 6.38. The highest BCUT2D eigenvalue weighted by atomic mass is 16.2. The average molecular weight is 274 g/mol. The van der Waals surface area contributed by atoms with E-state index in [1.807, 2.05) is 19.1 Å². The normalized spacial score (nSPS) is 10.8. The monoisotopic (exact) mass is 274 g/mol. The Labute approximate surface area is 116 Å². The summed E-state index contributed by atoms with van der Waals surface area (Å²) in [4.78, 5) is 27.7. The molecule has 0 saturated heterocycles. The van der Waals surface area contributed by atoms with E-state index in [4.69, 9.17) is 0 Å². The number of aryl methyl sites for hydroxylation is 1. The molecule has 0 aliphatic carbocycles. The van der Waals surface area contributed by atoms with Crippen LogP contribution >= 0.6 is 0 Å². The van der Waals surface area contributed by atoms with Crippen LogP contribution in [0.15, 0.2) is 34.0 Å². The van der Waals surface area contributed by atoms with Crippen molar-refractivity contribution < 1.29 is 0 Å². The highest BCUT2D eigenvalue weighted by molar-refractivity contribution is 5.17. The molecule has 0 amide bonds. The molecule has 20 heavy (non-hydrogen) atoms. The highest BCUT2D eigenvalue weighted by Gasteiger charge is 2.06. The molecule has 0 atom stereocenters. The molecule has 0 bridgehead atoms. The molecule has 0 fully saturated rings. The first kappa shape index (κ1) is 14.2. The zero-order chi connectivity index (χ0) is 14.7. The second kappa shape index (κ2) is 5.83. The fourth-order valence-corrected chi connectivity index (χ4v) is 1.96. The van der Waals surface area contributed by atoms with Crippen LogP contribution in [0.2, 0.25) is 0 Å². The van der Waals surface area contributed by atoms with Gasteiger partial charge in [-0.2, -0.15) is 0 Å². The number of aromatic nitrogens is 3. The number of rotatable bonds is 4. The second-order valence-corrected chi connectivity index (χ2v) is 4.75. The third-order valence-electron chi connectivity index (χ3n) is 3.34. The van der Waals surface area contributed by atoms with Crippen molar-refractivity contribution in [3.63, 3.8) is 0 Å². The molecule has 0 saturated carbocycles. The van der Waals surface area contributed by atoms with Gasteiger partial charge in [0.2, 0.25) is 0 Å². The Morgan fingerprint density at radius 3 is 2.65 bits per heavy atom. The molecular weight excluding hydrogens is 256 g/mol. The Hall–Kier alpha value is -2.21. The molecule has 2 aromatic heterocycles. The summed E-state index contributed by atoms with van der Waals surface area (Å²) in [5, 5.41) is 3.20. The summed E-state index contributed by atoms with van der Waals surface area (Å²) < 4.78 is 2.56. The van der Waals surface area contributed by atoms with Gasteiger partial charge >= 0.3 is 5.69 Å². The highest BCUT2D eigenvalue weighted by Crippen LogP contribution is 2.02. The van der Waals surface area contributed by atoms with Crippen LogP contribution in [0.25, 0.3) is 0 Å². The number of nitrogens with one attached hydrogen (secondary N) is 1. The van der Waals surface area contributed by atoms with Crippen molar-refractivity contribution in [1.29, 1.82) is 0 Å². The molecular formula is C14H18N4O2. The largest absolute Gasteiger partial charge is 0.330 e. The van der Waals surface area contributed by atoms with Crippen LogP contribution in [0.1, 0.15) is 17.0 Å². The Bertz CT molecular complexity index is 731. The molecule has 0 aliphatic heterocycles. The Morgan fingerprint density at radius 1 is 1.20 bits per heavy atom. The zero-order valence-electron chi connectivity index (χ0n) is 11.9. The van der Waals surface area contributed by atoms with E-state index in [1.165, 1.54) is 17.7 Å². The van der Waals surface area contributed by atoms with Crippen LogP contribution in [-0.2, 0) is 27.2 Å². The Balaban J connectivity index is 2.11. The zero-order valence-corrected chi connectivity index (χ0v) is 11.9. The van der Waals surface area contributed by atoms with Crippen molar-refractivity contribution in [2.75, 3.05) is 0 Å². The molecule has 2 heterocycles. The summed E-state index contributed by atoms with van der Waals surface area (Å²) in [6.45, 7) is 3.03. The minimum atomic E-state index is -0.316. The lowest BCUT2D eigenvalue weighted by atomic mass is 10.2. The molecule has 0 aliphatic rings. The van der Waals surface area contributed by atoms with Crippen LogP contribution in [0, 0.1) is 6.92 Å². The molecule has 6 nitrogen and oxygen atoms in total. The van der Waals surface area contributed by atoms with Crippen LogP contribution in [0.5, 0.6) is 0 Å². The van der Waals surface area contributed by atoms with Crippen molar-refractivity contribution in [1.82, 2.24) is 19.4 Å². The summed E-state index contributed by atoms with van der Waals surface area (Å²) in [6, 6.07) is 5.36. The van der Waals surface area contributed by atoms with Crippen molar-refractivity contribution in [3.05, 3.63) is 62.2 Å². The molecule has 0 aromatic carbocycles. The van der Waals surface area contributed by atoms with Crippen LogP contribution in [0.4, 0.5) is 0 Å². The lowest BCUT2D eigenvalue weighted by Gasteiger charge is -2.11. The summed E-state index contributed by atoms with van der Waals surface area (Å²) in [7, 11) is 3.13. The Morgan fingerprint density at radius 2 is 1.95 bits per heavy atom. The van der Waals surface area contributed by atoms with Crippen LogP contribution < -0.4 is 16.6 Å². The minimum Gasteiger partial charge on any atom is -0.306 e. The molecule has 0 spiro atoms. The smallest absolute Gasteiger partial charge is 0.306 e. The van der Waals surface area contributed by atoms with E-state index >= 15 is 0 Å². The van der Waals surface area contributed by atoms with E-state index in [0.717, 1.165) is 15.8 Å². The predicted molar refractivity (Wildman–Crippen MR) is 76.4 cm³/mol. The number of nitrogens with zero attached hydrogens (tertiary/aromatic N) is 3. The third-order valence-corrected chi connectivity index (χ3v) is 3.34. The van der Waals surface area contributed by atoms with E-state index in [1.54, 1.807) is 13.2 Å². The number of hydrogen-bond acceptors (Lipinski definition) is 4.